The van der Waals surface area contributed by atoms with Crippen molar-refractivity contribution in [2.75, 3.05) is 4.90 Å². The number of aromatic nitrogens is 2. The molecule has 1 aliphatic heterocycles. The van der Waals surface area contributed by atoms with Crippen LogP contribution in [0.25, 0.3) is 11.3 Å². The summed E-state index contributed by atoms with van der Waals surface area (Å²) in [6, 6.07) is 13.0. The lowest BCUT2D eigenvalue weighted by atomic mass is 10.0. The van der Waals surface area contributed by atoms with Gasteiger partial charge in [-0.15, -0.1) is 11.3 Å². The van der Waals surface area contributed by atoms with E-state index in [2.05, 4.69) is 9.97 Å². The van der Waals surface area contributed by atoms with Crippen LogP contribution in [-0.4, -0.2) is 32.3 Å². The number of rotatable bonds is 4. The van der Waals surface area contributed by atoms with Gasteiger partial charge in [0.25, 0.3) is 5.91 Å². The van der Waals surface area contributed by atoms with Gasteiger partial charge in [-0.2, -0.15) is 0 Å². The summed E-state index contributed by atoms with van der Waals surface area (Å²) in [5.74, 6) is -0.268. The molecule has 1 saturated heterocycles. The zero-order valence-corrected chi connectivity index (χ0v) is 15.8. The molecule has 4 rings (SSSR count). The maximum atomic E-state index is 13.1. The van der Waals surface area contributed by atoms with Crippen LogP contribution in [0.5, 0.6) is 0 Å². The standard InChI is InChI=1S/C20H18N4O2S/c1-20(2)17(25)24(19(26)23(20)12-14-8-10-21-11-9-14)18-22-16(13-27-18)15-6-4-3-5-7-15/h3-11,13H,12H2,1-2H3. The monoisotopic (exact) mass is 378 g/mol. The smallest absolute Gasteiger partial charge is 0.305 e. The van der Waals surface area contributed by atoms with Gasteiger partial charge in [0.15, 0.2) is 0 Å². The lowest BCUT2D eigenvalue weighted by Gasteiger charge is -2.27. The van der Waals surface area contributed by atoms with E-state index in [4.69, 9.17) is 0 Å². The van der Waals surface area contributed by atoms with Crippen LogP contribution in [0.4, 0.5) is 9.93 Å². The molecular formula is C20H18N4O2S. The Hall–Kier alpha value is -3.06. The summed E-state index contributed by atoms with van der Waals surface area (Å²) in [5.41, 5.74) is 1.68. The summed E-state index contributed by atoms with van der Waals surface area (Å²) >= 11 is 1.29. The number of urea groups is 1. The number of nitrogens with zero attached hydrogens (tertiary/aromatic N) is 4. The number of carbonyl (C=O) groups excluding carboxylic acids is 2. The van der Waals surface area contributed by atoms with Gasteiger partial charge in [-0.3, -0.25) is 9.78 Å². The van der Waals surface area contributed by atoms with E-state index in [0.29, 0.717) is 11.7 Å². The number of thiazole rings is 1. The summed E-state index contributed by atoms with van der Waals surface area (Å²) < 4.78 is 0. The van der Waals surface area contributed by atoms with Crippen molar-refractivity contribution in [3.8, 4) is 11.3 Å². The average Bonchev–Trinajstić information content (AvgIpc) is 3.22. The first kappa shape index (κ1) is 17.4. The van der Waals surface area contributed by atoms with E-state index in [1.54, 1.807) is 31.1 Å². The highest BCUT2D eigenvalue weighted by molar-refractivity contribution is 7.14. The Morgan fingerprint density at radius 1 is 1.04 bits per heavy atom. The number of anilines is 1. The van der Waals surface area contributed by atoms with E-state index in [1.807, 2.05) is 47.8 Å². The molecule has 136 valence electrons. The molecular weight excluding hydrogens is 360 g/mol. The number of imide groups is 1. The molecule has 6 nitrogen and oxygen atoms in total. The molecule has 1 aromatic carbocycles. The predicted octanol–water partition coefficient (Wildman–Crippen LogP) is 3.95. The highest BCUT2D eigenvalue weighted by atomic mass is 32.1. The molecule has 0 spiro atoms. The van der Waals surface area contributed by atoms with Crippen LogP contribution >= 0.6 is 11.3 Å². The summed E-state index contributed by atoms with van der Waals surface area (Å²) in [5, 5.41) is 2.26. The van der Waals surface area contributed by atoms with Crippen molar-refractivity contribution in [3.63, 3.8) is 0 Å². The minimum atomic E-state index is -0.946. The molecule has 0 atom stereocenters. The van der Waals surface area contributed by atoms with Crippen molar-refractivity contribution in [2.45, 2.75) is 25.9 Å². The van der Waals surface area contributed by atoms with Gasteiger partial charge in [0.2, 0.25) is 5.13 Å². The van der Waals surface area contributed by atoms with Crippen LogP contribution in [0.15, 0.2) is 60.2 Å². The van der Waals surface area contributed by atoms with Crippen LogP contribution in [0.2, 0.25) is 0 Å². The number of amides is 3. The van der Waals surface area contributed by atoms with Gasteiger partial charge >= 0.3 is 6.03 Å². The Labute approximate surface area is 161 Å². The minimum absolute atomic E-state index is 0.268. The van der Waals surface area contributed by atoms with E-state index < -0.39 is 5.54 Å². The van der Waals surface area contributed by atoms with Crippen LogP contribution in [-0.2, 0) is 11.3 Å². The van der Waals surface area contributed by atoms with E-state index in [1.165, 1.54) is 16.2 Å². The molecule has 1 fully saturated rings. The van der Waals surface area contributed by atoms with Crippen LogP contribution in [0.3, 0.4) is 0 Å². The van der Waals surface area contributed by atoms with Crippen molar-refractivity contribution >= 4 is 28.4 Å². The Kier molecular flexibility index (Phi) is 4.24. The molecule has 3 amide bonds. The van der Waals surface area contributed by atoms with Gasteiger partial charge in [0.1, 0.15) is 5.54 Å². The van der Waals surface area contributed by atoms with E-state index in [0.717, 1.165) is 16.8 Å². The highest BCUT2D eigenvalue weighted by Gasteiger charge is 2.52. The maximum Gasteiger partial charge on any atom is 0.334 e. The molecule has 0 saturated carbocycles. The molecule has 0 N–H and O–H groups in total. The van der Waals surface area contributed by atoms with Crippen LogP contribution in [0, 0.1) is 0 Å². The maximum absolute atomic E-state index is 13.1. The fourth-order valence-corrected chi connectivity index (χ4v) is 3.87. The lowest BCUT2D eigenvalue weighted by molar-refractivity contribution is -0.123. The molecule has 1 aliphatic rings. The summed E-state index contributed by atoms with van der Waals surface area (Å²) in [6.45, 7) is 3.87. The fraction of sp³-hybridized carbons (Fsp3) is 0.200. The molecule has 0 unspecified atom stereocenters. The summed E-state index contributed by atoms with van der Waals surface area (Å²) in [6.07, 6.45) is 3.35. The zero-order chi connectivity index (χ0) is 19.0. The second-order valence-corrected chi connectivity index (χ2v) is 7.64. The second-order valence-electron chi connectivity index (χ2n) is 6.81. The van der Waals surface area contributed by atoms with Gasteiger partial charge in [-0.1, -0.05) is 30.3 Å². The van der Waals surface area contributed by atoms with Gasteiger partial charge in [-0.25, -0.2) is 14.7 Å². The Morgan fingerprint density at radius 2 is 1.74 bits per heavy atom. The van der Waals surface area contributed by atoms with E-state index in [-0.39, 0.29) is 11.9 Å². The van der Waals surface area contributed by atoms with Crippen LogP contribution < -0.4 is 4.90 Å². The van der Waals surface area contributed by atoms with Crippen molar-refractivity contribution in [3.05, 3.63) is 65.8 Å². The molecule has 3 aromatic rings. The van der Waals surface area contributed by atoms with Gasteiger partial charge in [0.05, 0.1) is 5.69 Å². The predicted molar refractivity (Wildman–Crippen MR) is 104 cm³/mol. The number of carbonyl (C=O) groups is 2. The van der Waals surface area contributed by atoms with Gasteiger partial charge in [-0.05, 0) is 31.5 Å². The van der Waals surface area contributed by atoms with Gasteiger partial charge in [0, 0.05) is 29.9 Å². The first-order valence-corrected chi connectivity index (χ1v) is 9.42. The van der Waals surface area contributed by atoms with Crippen LogP contribution in [0.1, 0.15) is 19.4 Å². The number of pyridine rings is 1. The van der Waals surface area contributed by atoms with Crippen molar-refractivity contribution in [1.29, 1.82) is 0 Å². The molecule has 0 radical (unpaired) electrons. The van der Waals surface area contributed by atoms with E-state index >= 15 is 0 Å². The number of hydrogen-bond donors (Lipinski definition) is 0. The molecule has 2 aromatic heterocycles. The second kappa shape index (κ2) is 6.59. The van der Waals surface area contributed by atoms with Crippen molar-refractivity contribution in [2.24, 2.45) is 0 Å². The van der Waals surface area contributed by atoms with Gasteiger partial charge < -0.3 is 4.90 Å². The third-order valence-corrected chi connectivity index (χ3v) is 5.49. The molecule has 3 heterocycles. The molecule has 0 aliphatic carbocycles. The Bertz CT molecular complexity index is 985. The summed E-state index contributed by atoms with van der Waals surface area (Å²) in [7, 11) is 0. The quantitative estimate of drug-likeness (QED) is 0.645. The summed E-state index contributed by atoms with van der Waals surface area (Å²) in [4.78, 5) is 37.4. The molecule has 0 bridgehead atoms. The molecule has 7 heteroatoms. The third kappa shape index (κ3) is 3.00. The topological polar surface area (TPSA) is 66.4 Å². The largest absolute Gasteiger partial charge is 0.334 e. The number of hydrogen-bond acceptors (Lipinski definition) is 5. The van der Waals surface area contributed by atoms with Crippen molar-refractivity contribution < 1.29 is 9.59 Å². The fourth-order valence-electron chi connectivity index (χ4n) is 3.05. The normalized spacial score (nSPS) is 16.2. The Balaban J connectivity index is 1.65. The SMILES string of the molecule is CC1(C)C(=O)N(c2nc(-c3ccccc3)cs2)C(=O)N1Cc1ccncc1. The third-order valence-electron chi connectivity index (χ3n) is 4.67. The molecule has 27 heavy (non-hydrogen) atoms. The average molecular weight is 378 g/mol. The van der Waals surface area contributed by atoms with E-state index in [9.17, 15) is 9.59 Å². The first-order valence-electron chi connectivity index (χ1n) is 8.54. The zero-order valence-electron chi connectivity index (χ0n) is 15.0. The lowest BCUT2D eigenvalue weighted by Crippen LogP contribution is -2.43. The first-order chi connectivity index (χ1) is 13.0. The minimum Gasteiger partial charge on any atom is -0.305 e. The van der Waals surface area contributed by atoms with Crippen molar-refractivity contribution in [1.82, 2.24) is 14.9 Å². The number of benzene rings is 1. The highest BCUT2D eigenvalue weighted by Crippen LogP contribution is 2.36. The Morgan fingerprint density at radius 3 is 2.44 bits per heavy atom.